The molecule has 0 aliphatic heterocycles. The van der Waals surface area contributed by atoms with Gasteiger partial charge in [-0.3, -0.25) is 9.38 Å². The number of ether oxygens (including phenoxy) is 1. The standard InChI is InChI=1S/C20H17ClFN5O/c1-12-15(8-13(21)9-23-12)14-6-7-19(27-11-25-26-20(14)27)24-10-16-17(22)4-3-5-18(16)28-2/h3-9,11,24H,10H2,1-2H3. The molecule has 0 aliphatic carbocycles. The van der Waals surface area contributed by atoms with Crippen LogP contribution in [0.1, 0.15) is 11.3 Å². The quantitative estimate of drug-likeness (QED) is 0.536. The van der Waals surface area contributed by atoms with E-state index in [1.54, 1.807) is 24.7 Å². The summed E-state index contributed by atoms with van der Waals surface area (Å²) in [6.45, 7) is 2.16. The molecule has 28 heavy (non-hydrogen) atoms. The molecule has 0 saturated carbocycles. The average Bonchev–Trinajstić information content (AvgIpc) is 3.19. The zero-order chi connectivity index (χ0) is 19.7. The van der Waals surface area contributed by atoms with E-state index in [1.807, 2.05) is 29.5 Å². The van der Waals surface area contributed by atoms with Gasteiger partial charge in [0.05, 0.1) is 12.1 Å². The summed E-state index contributed by atoms with van der Waals surface area (Å²) in [4.78, 5) is 4.31. The van der Waals surface area contributed by atoms with Gasteiger partial charge in [0, 0.05) is 35.1 Å². The molecule has 3 heterocycles. The van der Waals surface area contributed by atoms with Crippen LogP contribution in [0.25, 0.3) is 16.8 Å². The van der Waals surface area contributed by atoms with Crippen molar-refractivity contribution in [2.45, 2.75) is 13.5 Å². The number of methoxy groups -OCH3 is 1. The number of anilines is 1. The van der Waals surface area contributed by atoms with Gasteiger partial charge < -0.3 is 10.1 Å². The number of fused-ring (bicyclic) bond motifs is 1. The highest BCUT2D eigenvalue weighted by molar-refractivity contribution is 6.30. The molecule has 0 bridgehead atoms. The molecule has 6 nitrogen and oxygen atoms in total. The number of halogens is 2. The Kier molecular flexibility index (Phi) is 4.83. The second-order valence-electron chi connectivity index (χ2n) is 6.22. The van der Waals surface area contributed by atoms with Crippen molar-refractivity contribution >= 4 is 23.1 Å². The Labute approximate surface area is 166 Å². The van der Waals surface area contributed by atoms with Gasteiger partial charge in [-0.1, -0.05) is 17.7 Å². The molecular weight excluding hydrogens is 381 g/mol. The van der Waals surface area contributed by atoms with Gasteiger partial charge in [-0.15, -0.1) is 10.2 Å². The highest BCUT2D eigenvalue weighted by Crippen LogP contribution is 2.30. The summed E-state index contributed by atoms with van der Waals surface area (Å²) in [5.74, 6) is 0.885. The van der Waals surface area contributed by atoms with E-state index in [2.05, 4.69) is 20.5 Å². The molecule has 0 aliphatic rings. The number of hydrogen-bond acceptors (Lipinski definition) is 5. The molecule has 0 atom stereocenters. The lowest BCUT2D eigenvalue weighted by molar-refractivity contribution is 0.405. The van der Waals surface area contributed by atoms with Crippen LogP contribution in [-0.2, 0) is 6.54 Å². The normalized spacial score (nSPS) is 11.0. The molecule has 0 amide bonds. The van der Waals surface area contributed by atoms with Gasteiger partial charge in [0.15, 0.2) is 5.65 Å². The number of benzene rings is 1. The van der Waals surface area contributed by atoms with E-state index in [1.165, 1.54) is 13.2 Å². The van der Waals surface area contributed by atoms with E-state index in [0.717, 1.165) is 22.6 Å². The summed E-state index contributed by atoms with van der Waals surface area (Å²) in [6, 6.07) is 10.4. The minimum absolute atomic E-state index is 0.250. The molecule has 0 spiro atoms. The Balaban J connectivity index is 1.72. The number of aryl methyl sites for hydroxylation is 1. The number of aromatic nitrogens is 4. The number of rotatable bonds is 5. The summed E-state index contributed by atoms with van der Waals surface area (Å²) < 4.78 is 21.3. The van der Waals surface area contributed by atoms with Crippen molar-refractivity contribution in [1.82, 2.24) is 19.6 Å². The topological polar surface area (TPSA) is 64.3 Å². The lowest BCUT2D eigenvalue weighted by atomic mass is 10.1. The van der Waals surface area contributed by atoms with Crippen molar-refractivity contribution in [3.8, 4) is 16.9 Å². The summed E-state index contributed by atoms with van der Waals surface area (Å²) >= 11 is 6.12. The molecule has 1 aromatic carbocycles. The summed E-state index contributed by atoms with van der Waals surface area (Å²) in [7, 11) is 1.52. The molecule has 142 valence electrons. The molecule has 8 heteroatoms. The van der Waals surface area contributed by atoms with Crippen molar-refractivity contribution in [2.75, 3.05) is 12.4 Å². The average molecular weight is 398 g/mol. The molecule has 0 fully saturated rings. The molecule has 0 saturated heterocycles. The van der Waals surface area contributed by atoms with E-state index in [9.17, 15) is 4.39 Å². The fourth-order valence-electron chi connectivity index (χ4n) is 3.13. The summed E-state index contributed by atoms with van der Waals surface area (Å²) in [5.41, 5.74) is 3.68. The summed E-state index contributed by atoms with van der Waals surface area (Å²) in [6.07, 6.45) is 3.21. The van der Waals surface area contributed by atoms with Gasteiger partial charge in [0.2, 0.25) is 0 Å². The van der Waals surface area contributed by atoms with Crippen LogP contribution in [0.15, 0.2) is 48.9 Å². The van der Waals surface area contributed by atoms with Crippen LogP contribution in [-0.4, -0.2) is 26.7 Å². The minimum atomic E-state index is -0.330. The molecule has 4 aromatic rings. The highest BCUT2D eigenvalue weighted by atomic mass is 35.5. The van der Waals surface area contributed by atoms with Crippen molar-refractivity contribution < 1.29 is 9.13 Å². The fourth-order valence-corrected chi connectivity index (χ4v) is 3.29. The SMILES string of the molecule is COc1cccc(F)c1CNc1ccc(-c2cc(Cl)cnc2C)c2nncn12. The van der Waals surface area contributed by atoms with Crippen LogP contribution < -0.4 is 10.1 Å². The maximum Gasteiger partial charge on any atom is 0.170 e. The molecule has 4 rings (SSSR count). The van der Waals surface area contributed by atoms with Gasteiger partial charge in [-0.2, -0.15) is 0 Å². The predicted molar refractivity (Wildman–Crippen MR) is 106 cm³/mol. The zero-order valence-corrected chi connectivity index (χ0v) is 16.0. The first-order valence-electron chi connectivity index (χ1n) is 8.59. The van der Waals surface area contributed by atoms with Crippen LogP contribution in [0.5, 0.6) is 5.75 Å². The Hall–Kier alpha value is -3.19. The van der Waals surface area contributed by atoms with Crippen molar-refractivity contribution in [2.24, 2.45) is 0 Å². The predicted octanol–water partition coefficient (Wildman–Crippen LogP) is 4.51. The molecule has 3 aromatic heterocycles. The second kappa shape index (κ2) is 7.44. The smallest absolute Gasteiger partial charge is 0.170 e. The maximum absolute atomic E-state index is 14.2. The van der Waals surface area contributed by atoms with Crippen LogP contribution in [0.4, 0.5) is 10.2 Å². The number of nitrogens with zero attached hydrogens (tertiary/aromatic N) is 4. The third-order valence-corrected chi connectivity index (χ3v) is 4.75. The van der Waals surface area contributed by atoms with Gasteiger partial charge >= 0.3 is 0 Å². The lowest BCUT2D eigenvalue weighted by Crippen LogP contribution is -2.07. The van der Waals surface area contributed by atoms with Crippen LogP contribution in [0.3, 0.4) is 0 Å². The van der Waals surface area contributed by atoms with Crippen molar-refractivity contribution in [3.63, 3.8) is 0 Å². The van der Waals surface area contributed by atoms with Crippen LogP contribution >= 0.6 is 11.6 Å². The second-order valence-corrected chi connectivity index (χ2v) is 6.65. The van der Waals surface area contributed by atoms with Crippen molar-refractivity contribution in [3.05, 3.63) is 71.0 Å². The van der Waals surface area contributed by atoms with E-state index in [0.29, 0.717) is 22.0 Å². The Morgan fingerprint density at radius 2 is 2.07 bits per heavy atom. The first-order chi connectivity index (χ1) is 13.6. The first-order valence-corrected chi connectivity index (χ1v) is 8.97. The van der Waals surface area contributed by atoms with Gasteiger partial charge in [-0.05, 0) is 37.3 Å². The van der Waals surface area contributed by atoms with Crippen LogP contribution in [0.2, 0.25) is 5.02 Å². The molecule has 0 radical (unpaired) electrons. The van der Waals surface area contributed by atoms with E-state index in [-0.39, 0.29) is 12.4 Å². The Bertz CT molecular complexity index is 1160. The van der Waals surface area contributed by atoms with E-state index in [4.69, 9.17) is 16.3 Å². The monoisotopic (exact) mass is 397 g/mol. The zero-order valence-electron chi connectivity index (χ0n) is 15.3. The summed E-state index contributed by atoms with van der Waals surface area (Å²) in [5, 5.41) is 12.0. The van der Waals surface area contributed by atoms with Gasteiger partial charge in [-0.25, -0.2) is 4.39 Å². The third-order valence-electron chi connectivity index (χ3n) is 4.54. The largest absolute Gasteiger partial charge is 0.496 e. The Morgan fingerprint density at radius 3 is 2.89 bits per heavy atom. The maximum atomic E-state index is 14.2. The van der Waals surface area contributed by atoms with Crippen molar-refractivity contribution in [1.29, 1.82) is 0 Å². The number of hydrogen-bond donors (Lipinski definition) is 1. The minimum Gasteiger partial charge on any atom is -0.496 e. The number of pyridine rings is 2. The van der Waals surface area contributed by atoms with E-state index < -0.39 is 0 Å². The fraction of sp³-hybridized carbons (Fsp3) is 0.150. The molecule has 0 unspecified atom stereocenters. The first kappa shape index (κ1) is 18.2. The highest BCUT2D eigenvalue weighted by Gasteiger charge is 2.14. The van der Waals surface area contributed by atoms with Gasteiger partial charge in [0.25, 0.3) is 0 Å². The molecule has 1 N–H and O–H groups in total. The molecular formula is C20H17ClFN5O. The third kappa shape index (κ3) is 3.25. The lowest BCUT2D eigenvalue weighted by Gasteiger charge is -2.14. The number of nitrogens with one attached hydrogen (secondary N) is 1. The van der Waals surface area contributed by atoms with Gasteiger partial charge in [0.1, 0.15) is 23.7 Å². The van der Waals surface area contributed by atoms with E-state index >= 15 is 0 Å². The Morgan fingerprint density at radius 1 is 1.21 bits per heavy atom. The van der Waals surface area contributed by atoms with Crippen LogP contribution in [0, 0.1) is 12.7 Å².